The summed E-state index contributed by atoms with van der Waals surface area (Å²) in [5.74, 6) is -1.09. The molecule has 4 heterocycles. The summed E-state index contributed by atoms with van der Waals surface area (Å²) in [6.45, 7) is -1.28. The standard InChI is InChI=1S/C24H24F3N5O4S/c1-24(6-7-37(34,35)13-24)30-22(33)14-2-4-18-19(9-14)32(20-5-3-16(25)11-29-20)31-21(18)15-8-17(12-28-10-15)36-23(26)27/h3,5,8,10-12,14,23H,2,4,6-7,9,13H2,1H3,(H,30,33)/t14-,24+/m1/s1. The van der Waals surface area contributed by atoms with E-state index in [4.69, 9.17) is 0 Å². The first kappa shape index (κ1) is 25.2. The highest BCUT2D eigenvalue weighted by Gasteiger charge is 2.41. The minimum atomic E-state index is -3.19. The Bertz CT molecular complexity index is 1450. The zero-order valence-corrected chi connectivity index (χ0v) is 20.6. The number of alkyl halides is 2. The number of carbonyl (C=O) groups excluding carboxylic acids is 1. The van der Waals surface area contributed by atoms with Crippen LogP contribution < -0.4 is 10.1 Å². The SMILES string of the molecule is C[C@]1(NC(=O)[C@@H]2CCc3c(-c4cncc(OC(F)F)c4)nn(-c4ccc(F)cn4)c3C2)CCS(=O)(=O)C1. The topological polar surface area (TPSA) is 116 Å². The van der Waals surface area contributed by atoms with Gasteiger partial charge < -0.3 is 10.1 Å². The third kappa shape index (κ3) is 5.31. The Morgan fingerprint density at radius 3 is 2.76 bits per heavy atom. The number of amides is 1. The zero-order valence-electron chi connectivity index (χ0n) is 19.8. The Kier molecular flexibility index (Phi) is 6.42. The predicted molar refractivity (Wildman–Crippen MR) is 127 cm³/mol. The van der Waals surface area contributed by atoms with Crippen molar-refractivity contribution in [3.05, 3.63) is 53.9 Å². The molecule has 0 radical (unpaired) electrons. The summed E-state index contributed by atoms with van der Waals surface area (Å²) in [6.07, 6.45) is 5.24. The van der Waals surface area contributed by atoms with Crippen LogP contribution in [0.2, 0.25) is 0 Å². The van der Waals surface area contributed by atoms with Crippen LogP contribution in [-0.4, -0.2) is 57.7 Å². The predicted octanol–water partition coefficient (Wildman–Crippen LogP) is 2.87. The lowest BCUT2D eigenvalue weighted by atomic mass is 9.84. The third-order valence-electron chi connectivity index (χ3n) is 6.71. The Morgan fingerprint density at radius 2 is 2.08 bits per heavy atom. The largest absolute Gasteiger partial charge is 0.433 e. The van der Waals surface area contributed by atoms with Crippen LogP contribution in [0.15, 0.2) is 36.8 Å². The van der Waals surface area contributed by atoms with Crippen LogP contribution in [-0.2, 0) is 27.5 Å². The highest BCUT2D eigenvalue weighted by molar-refractivity contribution is 7.91. The Morgan fingerprint density at radius 1 is 1.27 bits per heavy atom. The van der Waals surface area contributed by atoms with Crippen LogP contribution in [0.25, 0.3) is 17.1 Å². The number of nitrogens with zero attached hydrogens (tertiary/aromatic N) is 4. The number of carbonyl (C=O) groups is 1. The first-order valence-corrected chi connectivity index (χ1v) is 13.5. The van der Waals surface area contributed by atoms with E-state index in [0.29, 0.717) is 42.0 Å². The Balaban J connectivity index is 1.49. The number of hydrogen-bond acceptors (Lipinski definition) is 7. The van der Waals surface area contributed by atoms with Gasteiger partial charge in [-0.05, 0) is 44.4 Å². The van der Waals surface area contributed by atoms with Crippen LogP contribution in [0.4, 0.5) is 13.2 Å². The minimum Gasteiger partial charge on any atom is -0.433 e. The molecule has 2 aliphatic rings. The number of aromatic nitrogens is 4. The normalized spacial score (nSPS) is 22.6. The molecule has 1 fully saturated rings. The van der Waals surface area contributed by atoms with Crippen LogP contribution >= 0.6 is 0 Å². The maximum absolute atomic E-state index is 13.5. The van der Waals surface area contributed by atoms with Crippen molar-refractivity contribution in [3.63, 3.8) is 0 Å². The molecule has 2 atom stereocenters. The van der Waals surface area contributed by atoms with Gasteiger partial charge in [-0.25, -0.2) is 22.5 Å². The second-order valence-electron chi connectivity index (χ2n) is 9.64. The average molecular weight is 536 g/mol. The van der Waals surface area contributed by atoms with Gasteiger partial charge in [-0.15, -0.1) is 0 Å². The molecular formula is C24H24F3N5O4S. The summed E-state index contributed by atoms with van der Waals surface area (Å²) in [5.41, 5.74) is 1.56. The second-order valence-corrected chi connectivity index (χ2v) is 11.8. The van der Waals surface area contributed by atoms with Gasteiger partial charge in [-0.1, -0.05) is 0 Å². The van der Waals surface area contributed by atoms with Crippen molar-refractivity contribution < 1.29 is 31.1 Å². The fourth-order valence-electron chi connectivity index (χ4n) is 4.97. The average Bonchev–Trinajstić information content (AvgIpc) is 3.35. The molecule has 9 nitrogen and oxygen atoms in total. The number of nitrogens with one attached hydrogen (secondary N) is 1. The van der Waals surface area contributed by atoms with Crippen molar-refractivity contribution in [1.29, 1.82) is 0 Å². The molecule has 3 aromatic rings. The number of rotatable bonds is 6. The van der Waals surface area contributed by atoms with Gasteiger partial charge in [0.2, 0.25) is 5.91 Å². The second kappa shape index (κ2) is 9.43. The summed E-state index contributed by atoms with van der Waals surface area (Å²) >= 11 is 0. The first-order chi connectivity index (χ1) is 17.5. The molecule has 0 bridgehead atoms. The molecule has 0 unspecified atom stereocenters. The van der Waals surface area contributed by atoms with Gasteiger partial charge in [-0.2, -0.15) is 13.9 Å². The van der Waals surface area contributed by atoms with Gasteiger partial charge in [0.1, 0.15) is 11.6 Å². The number of hydrogen-bond donors (Lipinski definition) is 1. The summed E-state index contributed by atoms with van der Waals surface area (Å²) in [5, 5.41) is 7.58. The van der Waals surface area contributed by atoms with E-state index in [1.165, 1.54) is 35.3 Å². The zero-order chi connectivity index (χ0) is 26.4. The molecular weight excluding hydrogens is 511 g/mol. The van der Waals surface area contributed by atoms with Gasteiger partial charge in [-0.3, -0.25) is 9.78 Å². The van der Waals surface area contributed by atoms with E-state index in [1.54, 1.807) is 6.92 Å². The molecule has 1 amide bonds. The van der Waals surface area contributed by atoms with E-state index in [2.05, 4.69) is 25.1 Å². The van der Waals surface area contributed by atoms with Crippen molar-refractivity contribution in [3.8, 4) is 22.8 Å². The molecule has 13 heteroatoms. The van der Waals surface area contributed by atoms with Crippen molar-refractivity contribution >= 4 is 15.7 Å². The smallest absolute Gasteiger partial charge is 0.387 e. The number of pyridine rings is 2. The monoisotopic (exact) mass is 535 g/mol. The van der Waals surface area contributed by atoms with Crippen LogP contribution in [0.1, 0.15) is 31.0 Å². The minimum absolute atomic E-state index is 0.0351. The van der Waals surface area contributed by atoms with Gasteiger partial charge >= 0.3 is 6.61 Å². The van der Waals surface area contributed by atoms with E-state index < -0.39 is 33.7 Å². The van der Waals surface area contributed by atoms with Crippen molar-refractivity contribution in [1.82, 2.24) is 25.1 Å². The lowest BCUT2D eigenvalue weighted by Crippen LogP contribution is -2.50. The van der Waals surface area contributed by atoms with Gasteiger partial charge in [0, 0.05) is 29.7 Å². The Hall–Kier alpha value is -3.48. The van der Waals surface area contributed by atoms with E-state index in [-0.39, 0.29) is 29.6 Å². The molecule has 0 spiro atoms. The summed E-state index contributed by atoms with van der Waals surface area (Å²) in [7, 11) is -3.19. The maximum Gasteiger partial charge on any atom is 0.387 e. The summed E-state index contributed by atoms with van der Waals surface area (Å²) in [4.78, 5) is 21.3. The molecule has 0 saturated carbocycles. The molecule has 5 rings (SSSR count). The van der Waals surface area contributed by atoms with Gasteiger partial charge in [0.25, 0.3) is 0 Å². The highest BCUT2D eigenvalue weighted by atomic mass is 32.2. The lowest BCUT2D eigenvalue weighted by molar-refractivity contribution is -0.126. The van der Waals surface area contributed by atoms with Crippen LogP contribution in [0.5, 0.6) is 5.75 Å². The van der Waals surface area contributed by atoms with E-state index >= 15 is 0 Å². The highest BCUT2D eigenvalue weighted by Crippen LogP contribution is 2.36. The molecule has 0 aromatic carbocycles. The van der Waals surface area contributed by atoms with E-state index in [9.17, 15) is 26.4 Å². The van der Waals surface area contributed by atoms with Crippen molar-refractivity contribution in [2.45, 2.75) is 44.8 Å². The Labute approximate surface area is 211 Å². The summed E-state index contributed by atoms with van der Waals surface area (Å²) < 4.78 is 68.9. The third-order valence-corrected chi connectivity index (χ3v) is 8.62. The molecule has 196 valence electrons. The molecule has 1 N–H and O–H groups in total. The fourth-order valence-corrected chi connectivity index (χ4v) is 7.07. The van der Waals surface area contributed by atoms with E-state index in [1.807, 2.05) is 0 Å². The maximum atomic E-state index is 13.5. The van der Waals surface area contributed by atoms with E-state index in [0.717, 1.165) is 11.8 Å². The van der Waals surface area contributed by atoms with Gasteiger partial charge in [0.05, 0.1) is 40.8 Å². The first-order valence-electron chi connectivity index (χ1n) is 11.7. The van der Waals surface area contributed by atoms with Crippen LogP contribution in [0, 0.1) is 11.7 Å². The number of ether oxygens (including phenoxy) is 1. The van der Waals surface area contributed by atoms with Crippen molar-refractivity contribution in [2.24, 2.45) is 5.92 Å². The van der Waals surface area contributed by atoms with Crippen molar-refractivity contribution in [2.75, 3.05) is 11.5 Å². The fraction of sp³-hybridized carbons (Fsp3) is 0.417. The molecule has 1 aliphatic carbocycles. The number of fused-ring (bicyclic) bond motifs is 1. The van der Waals surface area contributed by atoms with Gasteiger partial charge in [0.15, 0.2) is 15.7 Å². The quantitative estimate of drug-likeness (QED) is 0.516. The van der Waals surface area contributed by atoms with Crippen LogP contribution in [0.3, 0.4) is 0 Å². The summed E-state index contributed by atoms with van der Waals surface area (Å²) in [6, 6.07) is 4.10. The molecule has 1 aliphatic heterocycles. The molecule has 37 heavy (non-hydrogen) atoms. The number of halogens is 3. The lowest BCUT2D eigenvalue weighted by Gasteiger charge is -2.29. The molecule has 3 aromatic heterocycles. The number of sulfone groups is 1. The molecule has 1 saturated heterocycles.